The van der Waals surface area contributed by atoms with Crippen molar-refractivity contribution in [2.75, 3.05) is 11.9 Å². The van der Waals surface area contributed by atoms with Crippen molar-refractivity contribution in [1.82, 2.24) is 0 Å². The number of benzene rings is 6. The number of ether oxygens (including phenoxy) is 1. The Kier molecular flexibility index (Phi) is 19.7. The molecule has 0 bridgehead atoms. The van der Waals surface area contributed by atoms with E-state index in [1.807, 2.05) is 164 Å². The van der Waals surface area contributed by atoms with Crippen LogP contribution in [0, 0.1) is 22.7 Å². The number of halogens is 1. The van der Waals surface area contributed by atoms with Crippen molar-refractivity contribution in [3.8, 4) is 12.1 Å². The Morgan fingerprint density at radius 2 is 0.860 bits per heavy atom. The molecule has 0 unspecified atom stereocenters. The maximum atomic E-state index is 13.1. The first-order valence-electron chi connectivity index (χ1n) is 18.0. The van der Waals surface area contributed by atoms with Crippen molar-refractivity contribution in [1.29, 1.82) is 10.5 Å². The Labute approximate surface area is 345 Å². The van der Waals surface area contributed by atoms with E-state index in [4.69, 9.17) is 14.8 Å². The molecule has 0 saturated carbocycles. The first kappa shape index (κ1) is 45.6. The fraction of sp³-hybridized carbons (Fsp3) is 0.104. The van der Waals surface area contributed by atoms with E-state index in [9.17, 15) is 14.9 Å². The van der Waals surface area contributed by atoms with Gasteiger partial charge in [0, 0.05) is 0 Å². The molecule has 6 aromatic rings. The molecule has 0 heterocycles. The molecule has 6 nitrogen and oxygen atoms in total. The summed E-state index contributed by atoms with van der Waals surface area (Å²) < 4.78 is 5.43. The highest BCUT2D eigenvalue weighted by Gasteiger charge is 2.33. The van der Waals surface area contributed by atoms with Gasteiger partial charge in [0.15, 0.2) is 5.78 Å². The lowest BCUT2D eigenvalue weighted by molar-refractivity contribution is -0.134. The Morgan fingerprint density at radius 1 is 0.579 bits per heavy atom. The highest BCUT2D eigenvalue weighted by atomic mass is 79.9. The van der Waals surface area contributed by atoms with Gasteiger partial charge in [-0.3, -0.25) is 4.79 Å². The Hall–Kier alpha value is -5.81. The summed E-state index contributed by atoms with van der Waals surface area (Å²) in [5.41, 5.74) is 0. The van der Waals surface area contributed by atoms with Gasteiger partial charge in [0.25, 0.3) is 0 Å². The molecule has 0 aliphatic heterocycles. The zero-order valence-corrected chi connectivity index (χ0v) is 35.4. The molecular weight excluding hydrogens is 810 g/mol. The SMILES string of the molecule is C=O.CC(=O)C=P(c1ccccc1)(c1ccccc1)c1ccccc1.CCOC(=O)C(CC#N)=P(c1ccccc1)(c1ccccc1)c1ccccc1.N#CCBr. The molecule has 6 aromatic carbocycles. The van der Waals surface area contributed by atoms with Crippen molar-refractivity contribution in [3.63, 3.8) is 0 Å². The third kappa shape index (κ3) is 11.6. The number of carbonyl (C=O) groups is 3. The van der Waals surface area contributed by atoms with Gasteiger partial charge < -0.3 is 9.53 Å². The number of carbonyl (C=O) groups excluding carboxylic acids is 3. The molecule has 0 amide bonds. The zero-order valence-electron chi connectivity index (χ0n) is 32.0. The van der Waals surface area contributed by atoms with E-state index in [-0.39, 0.29) is 18.8 Å². The molecule has 57 heavy (non-hydrogen) atoms. The third-order valence-electron chi connectivity index (χ3n) is 8.52. The number of rotatable bonds is 10. The molecule has 0 radical (unpaired) electrons. The maximum Gasteiger partial charge on any atom is 0.336 e. The highest BCUT2D eigenvalue weighted by molar-refractivity contribution is 9.09. The summed E-state index contributed by atoms with van der Waals surface area (Å²) in [6.07, 6.45) is 0.0191. The minimum atomic E-state index is -2.55. The van der Waals surface area contributed by atoms with E-state index in [1.54, 1.807) is 13.8 Å². The molecule has 9 heteroatoms. The minimum absolute atomic E-state index is 0.0191. The summed E-state index contributed by atoms with van der Waals surface area (Å²) in [7, 11) is 0. The van der Waals surface area contributed by atoms with Gasteiger partial charge >= 0.3 is 5.97 Å². The van der Waals surface area contributed by atoms with Crippen molar-refractivity contribution < 1.29 is 19.1 Å². The molecule has 6 rings (SSSR count). The first-order chi connectivity index (χ1) is 27.9. The number of hydrogen-bond donors (Lipinski definition) is 0. The molecular formula is C48H45BrN2O4P2. The van der Waals surface area contributed by atoms with Gasteiger partial charge in [-0.15, -0.1) is 0 Å². The second-order valence-corrected chi connectivity index (χ2v) is 19.2. The second-order valence-electron chi connectivity index (χ2n) is 11.9. The molecule has 0 fully saturated rings. The summed E-state index contributed by atoms with van der Waals surface area (Å²) >= 11 is 2.89. The monoisotopic (exact) mass is 854 g/mol. The average molecular weight is 856 g/mol. The van der Waals surface area contributed by atoms with Crippen molar-refractivity contribution >= 4 is 91.2 Å². The van der Waals surface area contributed by atoms with Crippen LogP contribution >= 0.6 is 29.7 Å². The topological polar surface area (TPSA) is 108 Å². The highest BCUT2D eigenvalue weighted by Crippen LogP contribution is 2.47. The normalized spacial score (nSPS) is 10.1. The quantitative estimate of drug-likeness (QED) is 0.0794. The summed E-state index contributed by atoms with van der Waals surface area (Å²) in [4.78, 5) is 33.3. The van der Waals surface area contributed by atoms with E-state index in [2.05, 4.69) is 58.4 Å². The third-order valence-corrected chi connectivity index (χ3v) is 17.2. The van der Waals surface area contributed by atoms with Crippen molar-refractivity contribution in [2.24, 2.45) is 0 Å². The van der Waals surface area contributed by atoms with E-state index in [0.29, 0.717) is 10.6 Å². The molecule has 0 aliphatic rings. The van der Waals surface area contributed by atoms with Crippen molar-refractivity contribution in [3.05, 3.63) is 182 Å². The molecule has 0 N–H and O–H groups in total. The van der Waals surface area contributed by atoms with Crippen LogP contribution in [0.2, 0.25) is 0 Å². The zero-order chi connectivity index (χ0) is 41.4. The Bertz CT molecular complexity index is 2120. The number of esters is 1. The number of hydrogen-bond acceptors (Lipinski definition) is 6. The number of nitrogens with zero attached hydrogens (tertiary/aromatic N) is 2. The molecule has 0 saturated heterocycles. The van der Waals surface area contributed by atoms with Gasteiger partial charge in [-0.05, 0) is 65.2 Å². The van der Waals surface area contributed by atoms with E-state index >= 15 is 0 Å². The van der Waals surface area contributed by atoms with Crippen LogP contribution in [-0.2, 0) is 19.1 Å². The predicted molar refractivity (Wildman–Crippen MR) is 245 cm³/mol. The summed E-state index contributed by atoms with van der Waals surface area (Å²) in [5, 5.41) is 24.8. The van der Waals surface area contributed by atoms with Gasteiger partial charge in [-0.2, -0.15) is 10.5 Å². The van der Waals surface area contributed by atoms with Gasteiger partial charge in [0.2, 0.25) is 0 Å². The lowest BCUT2D eigenvalue weighted by atomic mass is 10.3. The summed E-state index contributed by atoms with van der Waals surface area (Å²) in [6, 6.07) is 65.2. The second kappa shape index (κ2) is 24.7. The van der Waals surface area contributed by atoms with Crippen LogP contribution < -0.4 is 31.8 Å². The molecule has 0 aliphatic carbocycles. The Morgan fingerprint density at radius 3 is 1.09 bits per heavy atom. The fourth-order valence-electron chi connectivity index (χ4n) is 6.42. The molecule has 0 spiro atoms. The lowest BCUT2D eigenvalue weighted by Gasteiger charge is -2.31. The largest absolute Gasteiger partial charge is 0.463 e. The van der Waals surface area contributed by atoms with Crippen molar-refractivity contribution in [2.45, 2.75) is 20.3 Å². The summed E-state index contributed by atoms with van der Waals surface area (Å²) in [5.74, 6) is 1.65. The van der Waals surface area contributed by atoms with Gasteiger partial charge in [-0.25, -0.2) is 4.79 Å². The smallest absolute Gasteiger partial charge is 0.336 e. The lowest BCUT2D eigenvalue weighted by Crippen LogP contribution is -2.34. The fourth-order valence-corrected chi connectivity index (χ4v) is 14.6. The van der Waals surface area contributed by atoms with E-state index in [0.717, 1.165) is 15.9 Å². The van der Waals surface area contributed by atoms with Crippen LogP contribution in [0.4, 0.5) is 0 Å². The van der Waals surface area contributed by atoms with Gasteiger partial charge in [0.05, 0.1) is 35.8 Å². The van der Waals surface area contributed by atoms with Gasteiger partial charge in [-0.1, -0.05) is 198 Å². The van der Waals surface area contributed by atoms with Crippen LogP contribution in [0.15, 0.2) is 182 Å². The first-order valence-corrected chi connectivity index (χ1v) is 22.8. The summed E-state index contributed by atoms with van der Waals surface area (Å²) in [6.45, 7) is 1.07. The standard InChI is InChI=1S/C24H22NO2P.C21H19OP.C2H2BrN.CH2O/c1-2-27-24(26)23(18-19-25)28(20-12-6-3-7-13-20,21-14-8-4-9-15-21)22-16-10-5-11-17-22;1-18(22)17-23(19-11-5-2-6-12-19,20-13-7-3-8-14-20)21-15-9-4-10-16-21;3-1-2-4;1-2/h3-17H,2,18H2,1H3;2-17H,1H3;1H2;1H2. The molecule has 0 atom stereocenters. The Balaban J connectivity index is 0.000000272. The predicted octanol–water partition coefficient (Wildman–Crippen LogP) is 7.72. The van der Waals surface area contributed by atoms with Crippen LogP contribution in [0.1, 0.15) is 20.3 Å². The van der Waals surface area contributed by atoms with Crippen LogP contribution in [0.25, 0.3) is 0 Å². The maximum absolute atomic E-state index is 13.1. The number of ketones is 1. The number of Topliss-reactive ketones (excluding diaryl/α,β-unsaturated/α-hetero) is 1. The average Bonchev–Trinajstić information content (AvgIpc) is 3.28. The molecule has 0 aromatic heterocycles. The minimum Gasteiger partial charge on any atom is -0.463 e. The number of alkyl halides is 1. The van der Waals surface area contributed by atoms with Gasteiger partial charge in [0.1, 0.15) is 6.79 Å². The van der Waals surface area contributed by atoms with E-state index in [1.165, 1.54) is 15.9 Å². The van der Waals surface area contributed by atoms with Crippen LogP contribution in [-0.4, -0.2) is 41.6 Å². The van der Waals surface area contributed by atoms with Crippen LogP contribution in [0.5, 0.6) is 0 Å². The number of nitriles is 2. The van der Waals surface area contributed by atoms with E-state index < -0.39 is 19.7 Å². The molecule has 288 valence electrons. The van der Waals surface area contributed by atoms with Crippen LogP contribution in [0.3, 0.4) is 0 Å².